The Kier molecular flexibility index (Phi) is 2.04. The molecule has 0 radical (unpaired) electrons. The van der Waals surface area contributed by atoms with Crippen LogP contribution in [0.25, 0.3) is 0 Å². The summed E-state index contributed by atoms with van der Waals surface area (Å²) in [7, 11) is 0. The first-order valence-corrected chi connectivity index (χ1v) is 4.22. The first kappa shape index (κ1) is 8.06. The molecule has 2 atom stereocenters. The lowest BCUT2D eigenvalue weighted by atomic mass is 9.84. The molecular weight excluding hydrogens is 124 g/mol. The van der Waals surface area contributed by atoms with Gasteiger partial charge in [0.05, 0.1) is 12.2 Å². The van der Waals surface area contributed by atoms with Crippen LogP contribution in [0.1, 0.15) is 34.1 Å². The topological polar surface area (TPSA) is 9.23 Å². The quantitative estimate of drug-likeness (QED) is 0.546. The zero-order valence-corrected chi connectivity index (χ0v) is 7.48. The van der Waals surface area contributed by atoms with E-state index in [-0.39, 0.29) is 5.60 Å². The molecule has 0 aromatic heterocycles. The van der Waals surface area contributed by atoms with E-state index < -0.39 is 0 Å². The lowest BCUT2D eigenvalue weighted by Crippen LogP contribution is -2.27. The zero-order valence-electron chi connectivity index (χ0n) is 7.48. The van der Waals surface area contributed by atoms with E-state index in [1.165, 1.54) is 6.42 Å². The minimum Gasteiger partial charge on any atom is -0.375 e. The van der Waals surface area contributed by atoms with Crippen LogP contribution in [0.2, 0.25) is 0 Å². The molecule has 1 aliphatic heterocycles. The fourth-order valence-electron chi connectivity index (χ4n) is 1.64. The van der Waals surface area contributed by atoms with Gasteiger partial charge in [-0.25, -0.2) is 0 Å². The van der Waals surface area contributed by atoms with Gasteiger partial charge >= 0.3 is 0 Å². The molecule has 1 rings (SSSR count). The molecule has 1 heteroatoms. The van der Waals surface area contributed by atoms with Crippen LogP contribution in [-0.4, -0.2) is 12.2 Å². The average molecular weight is 142 g/mol. The van der Waals surface area contributed by atoms with Gasteiger partial charge in [-0.05, 0) is 25.7 Å². The largest absolute Gasteiger partial charge is 0.375 e. The average Bonchev–Trinajstić information content (AvgIpc) is 2.10. The van der Waals surface area contributed by atoms with Crippen molar-refractivity contribution in [2.75, 3.05) is 6.61 Å². The van der Waals surface area contributed by atoms with Gasteiger partial charge in [0, 0.05) is 0 Å². The molecule has 0 bridgehead atoms. The van der Waals surface area contributed by atoms with Crippen LogP contribution in [-0.2, 0) is 4.74 Å². The highest BCUT2D eigenvalue weighted by Gasteiger charge is 2.38. The minimum atomic E-state index is 0.126. The van der Waals surface area contributed by atoms with Crippen LogP contribution >= 0.6 is 0 Å². The van der Waals surface area contributed by atoms with E-state index in [9.17, 15) is 0 Å². The Hall–Kier alpha value is -0.0400. The van der Waals surface area contributed by atoms with E-state index in [1.807, 2.05) is 0 Å². The monoisotopic (exact) mass is 142 g/mol. The summed E-state index contributed by atoms with van der Waals surface area (Å²) < 4.78 is 5.66. The van der Waals surface area contributed by atoms with Crippen molar-refractivity contribution in [1.82, 2.24) is 0 Å². The highest BCUT2D eigenvalue weighted by atomic mass is 16.5. The Morgan fingerprint density at radius 2 is 2.10 bits per heavy atom. The molecule has 1 aliphatic rings. The van der Waals surface area contributed by atoms with Crippen LogP contribution in [0, 0.1) is 11.8 Å². The lowest BCUT2D eigenvalue weighted by molar-refractivity contribution is 0.0152. The third-order valence-electron chi connectivity index (χ3n) is 3.00. The van der Waals surface area contributed by atoms with Gasteiger partial charge in [0.1, 0.15) is 0 Å². The molecular formula is C9H18O. The maximum Gasteiger partial charge on any atom is 0.0655 e. The second-order valence-corrected chi connectivity index (χ2v) is 3.87. The van der Waals surface area contributed by atoms with Gasteiger partial charge in [-0.15, -0.1) is 0 Å². The van der Waals surface area contributed by atoms with Crippen molar-refractivity contribution in [1.29, 1.82) is 0 Å². The molecule has 1 fully saturated rings. The molecule has 0 aromatic rings. The van der Waals surface area contributed by atoms with Gasteiger partial charge in [0.2, 0.25) is 0 Å². The van der Waals surface area contributed by atoms with Gasteiger partial charge < -0.3 is 4.74 Å². The lowest BCUT2D eigenvalue weighted by Gasteiger charge is -2.24. The third kappa shape index (κ3) is 1.20. The summed E-state index contributed by atoms with van der Waals surface area (Å²) in [6.45, 7) is 9.87. The summed E-state index contributed by atoms with van der Waals surface area (Å²) >= 11 is 0. The third-order valence-corrected chi connectivity index (χ3v) is 3.00. The van der Waals surface area contributed by atoms with Crippen LogP contribution in [0.5, 0.6) is 0 Å². The fourth-order valence-corrected chi connectivity index (χ4v) is 1.64. The first-order chi connectivity index (χ1) is 4.58. The molecule has 0 aromatic carbocycles. The second-order valence-electron chi connectivity index (χ2n) is 3.87. The summed E-state index contributed by atoms with van der Waals surface area (Å²) in [4.78, 5) is 0. The smallest absolute Gasteiger partial charge is 0.0655 e. The Labute approximate surface area is 63.8 Å². The molecule has 0 unspecified atom stereocenters. The minimum absolute atomic E-state index is 0.126. The van der Waals surface area contributed by atoms with Gasteiger partial charge in [0.25, 0.3) is 0 Å². The van der Waals surface area contributed by atoms with Gasteiger partial charge in [-0.2, -0.15) is 0 Å². The Morgan fingerprint density at radius 3 is 2.30 bits per heavy atom. The van der Waals surface area contributed by atoms with Crippen molar-refractivity contribution in [3.8, 4) is 0 Å². The first-order valence-electron chi connectivity index (χ1n) is 4.22. The van der Waals surface area contributed by atoms with Crippen LogP contribution < -0.4 is 0 Å². The number of rotatable bonds is 1. The van der Waals surface area contributed by atoms with Crippen molar-refractivity contribution in [2.24, 2.45) is 11.8 Å². The van der Waals surface area contributed by atoms with E-state index in [0.717, 1.165) is 18.4 Å². The fraction of sp³-hybridized carbons (Fsp3) is 1.00. The number of hydrogen-bond acceptors (Lipinski definition) is 1. The molecule has 1 nitrogen and oxygen atoms in total. The Morgan fingerprint density at radius 1 is 1.50 bits per heavy atom. The molecule has 0 N–H and O–H groups in total. The highest BCUT2D eigenvalue weighted by Crippen LogP contribution is 2.36. The van der Waals surface area contributed by atoms with E-state index in [0.29, 0.717) is 0 Å². The summed E-state index contributed by atoms with van der Waals surface area (Å²) in [6.07, 6.45) is 1.25. The summed E-state index contributed by atoms with van der Waals surface area (Å²) in [5.41, 5.74) is 0.126. The van der Waals surface area contributed by atoms with E-state index in [1.54, 1.807) is 0 Å². The van der Waals surface area contributed by atoms with Crippen molar-refractivity contribution >= 4 is 0 Å². The molecule has 1 heterocycles. The normalized spacial score (nSPS) is 38.4. The molecule has 0 spiro atoms. The molecule has 0 amide bonds. The van der Waals surface area contributed by atoms with Crippen LogP contribution in [0.4, 0.5) is 0 Å². The van der Waals surface area contributed by atoms with Gasteiger partial charge in [0.15, 0.2) is 0 Å². The van der Waals surface area contributed by atoms with Crippen LogP contribution in [0.3, 0.4) is 0 Å². The summed E-state index contributed by atoms with van der Waals surface area (Å²) in [5.74, 6) is 1.51. The SMILES string of the molecule is CC[C@H]1COC(C)(C)[C@H]1C. The Bertz CT molecular complexity index is 118. The highest BCUT2D eigenvalue weighted by molar-refractivity contribution is 4.86. The van der Waals surface area contributed by atoms with E-state index in [2.05, 4.69) is 27.7 Å². The van der Waals surface area contributed by atoms with Crippen molar-refractivity contribution < 1.29 is 4.74 Å². The number of ether oxygens (including phenoxy) is 1. The molecule has 10 heavy (non-hydrogen) atoms. The van der Waals surface area contributed by atoms with Crippen molar-refractivity contribution in [3.63, 3.8) is 0 Å². The molecule has 1 saturated heterocycles. The maximum absolute atomic E-state index is 5.66. The number of hydrogen-bond donors (Lipinski definition) is 0. The second kappa shape index (κ2) is 2.54. The predicted molar refractivity (Wildman–Crippen MR) is 43.0 cm³/mol. The van der Waals surface area contributed by atoms with Crippen molar-refractivity contribution in [3.05, 3.63) is 0 Å². The maximum atomic E-state index is 5.66. The van der Waals surface area contributed by atoms with Gasteiger partial charge in [-0.3, -0.25) is 0 Å². The summed E-state index contributed by atoms with van der Waals surface area (Å²) in [6, 6.07) is 0. The summed E-state index contributed by atoms with van der Waals surface area (Å²) in [5, 5.41) is 0. The standard InChI is InChI=1S/C9H18O/c1-5-8-6-10-9(3,4)7(8)2/h7-8H,5-6H2,1-4H3/t7-,8-/m0/s1. The van der Waals surface area contributed by atoms with E-state index >= 15 is 0 Å². The van der Waals surface area contributed by atoms with Crippen LogP contribution in [0.15, 0.2) is 0 Å². The molecule has 60 valence electrons. The van der Waals surface area contributed by atoms with Crippen molar-refractivity contribution in [2.45, 2.75) is 39.7 Å². The zero-order chi connectivity index (χ0) is 7.78. The molecule has 0 saturated carbocycles. The molecule has 0 aliphatic carbocycles. The predicted octanol–water partition coefficient (Wildman–Crippen LogP) is 2.46. The Balaban J connectivity index is 2.58. The van der Waals surface area contributed by atoms with E-state index in [4.69, 9.17) is 4.74 Å². The van der Waals surface area contributed by atoms with Gasteiger partial charge in [-0.1, -0.05) is 20.3 Å².